The molecule has 2 bridgehead atoms. The Kier molecular flexibility index (Phi) is 8.81. The van der Waals surface area contributed by atoms with E-state index in [4.69, 9.17) is 14.2 Å². The molecule has 1 spiro atoms. The summed E-state index contributed by atoms with van der Waals surface area (Å²) >= 11 is 0. The molecule has 0 aliphatic carbocycles. The van der Waals surface area contributed by atoms with E-state index >= 15 is 0 Å². The second kappa shape index (κ2) is 11.9. The zero-order valence-corrected chi connectivity index (χ0v) is 23.0. The van der Waals surface area contributed by atoms with E-state index in [1.54, 1.807) is 48.4 Å². The molecule has 212 valence electrons. The third-order valence-corrected chi connectivity index (χ3v) is 8.48. The van der Waals surface area contributed by atoms with Crippen molar-refractivity contribution in [3.63, 3.8) is 0 Å². The molecule has 3 fully saturated rings. The van der Waals surface area contributed by atoms with Gasteiger partial charge < -0.3 is 29.1 Å². The Morgan fingerprint density at radius 3 is 2.56 bits per heavy atom. The van der Waals surface area contributed by atoms with Gasteiger partial charge in [0.1, 0.15) is 23.3 Å². The maximum Gasteiger partial charge on any atom is 0.312 e. The van der Waals surface area contributed by atoms with Crippen molar-refractivity contribution in [2.75, 3.05) is 38.3 Å². The van der Waals surface area contributed by atoms with Crippen LogP contribution in [0, 0.1) is 11.8 Å². The van der Waals surface area contributed by atoms with Crippen molar-refractivity contribution >= 4 is 23.5 Å². The van der Waals surface area contributed by atoms with E-state index in [0.717, 1.165) is 6.42 Å². The molecule has 3 aliphatic heterocycles. The molecule has 39 heavy (non-hydrogen) atoms. The maximum atomic E-state index is 14.4. The SMILES string of the molecule is C=CCCCOC(=O)[C@@H]1[C@H]2C(=O)N(CCCO)C(C(=O)N(CC=C)c3ccc(OC)cc3)C23CC[C@@]1(CC)O3. The van der Waals surface area contributed by atoms with E-state index in [0.29, 0.717) is 43.5 Å². The molecule has 5 atom stereocenters. The molecule has 4 rings (SSSR count). The molecule has 3 heterocycles. The third-order valence-electron chi connectivity index (χ3n) is 8.48. The number of anilines is 1. The van der Waals surface area contributed by atoms with Gasteiger partial charge in [0.05, 0.1) is 25.2 Å². The van der Waals surface area contributed by atoms with Crippen molar-refractivity contribution in [3.05, 3.63) is 49.6 Å². The standard InChI is InChI=1S/C30H40N2O7/c1-5-8-9-20-38-28(36)24-23-26(34)32(18-10-19-33)25(30(23)16-15-29(24,7-3)39-30)27(35)31(17-6-2)21-11-13-22(37-4)14-12-21/h5-6,11-14,23-25,33H,1-2,7-10,15-20H2,3-4H3/t23-,24-,25?,29+,30?/m0/s1. The highest BCUT2D eigenvalue weighted by molar-refractivity contribution is 6.04. The minimum absolute atomic E-state index is 0.133. The summed E-state index contributed by atoms with van der Waals surface area (Å²) in [4.78, 5) is 45.1. The van der Waals surface area contributed by atoms with E-state index in [1.807, 2.05) is 6.92 Å². The molecule has 9 nitrogen and oxygen atoms in total. The van der Waals surface area contributed by atoms with Crippen LogP contribution in [0.25, 0.3) is 0 Å². The third kappa shape index (κ3) is 4.87. The van der Waals surface area contributed by atoms with Crippen LogP contribution in [-0.2, 0) is 23.9 Å². The van der Waals surface area contributed by atoms with Crippen LogP contribution in [0.5, 0.6) is 5.75 Å². The lowest BCUT2D eigenvalue weighted by atomic mass is 9.65. The molecule has 1 aromatic carbocycles. The summed E-state index contributed by atoms with van der Waals surface area (Å²) in [6.45, 7) is 9.98. The van der Waals surface area contributed by atoms with Gasteiger partial charge in [-0.25, -0.2) is 0 Å². The lowest BCUT2D eigenvalue weighted by Gasteiger charge is -2.37. The highest BCUT2D eigenvalue weighted by Crippen LogP contribution is 2.64. The van der Waals surface area contributed by atoms with Crippen LogP contribution in [0.3, 0.4) is 0 Å². The van der Waals surface area contributed by atoms with Gasteiger partial charge in [0.2, 0.25) is 5.91 Å². The number of ether oxygens (including phenoxy) is 3. The summed E-state index contributed by atoms with van der Waals surface area (Å²) < 4.78 is 17.7. The van der Waals surface area contributed by atoms with E-state index in [9.17, 15) is 19.5 Å². The number of hydrogen-bond donors (Lipinski definition) is 1. The second-order valence-electron chi connectivity index (χ2n) is 10.5. The van der Waals surface area contributed by atoms with Gasteiger partial charge >= 0.3 is 5.97 Å². The summed E-state index contributed by atoms with van der Waals surface area (Å²) in [5.74, 6) is -2.02. The lowest BCUT2D eigenvalue weighted by molar-refractivity contribution is -0.161. The predicted molar refractivity (Wildman–Crippen MR) is 146 cm³/mol. The van der Waals surface area contributed by atoms with Crippen molar-refractivity contribution in [2.45, 2.75) is 62.7 Å². The Morgan fingerprint density at radius 2 is 1.95 bits per heavy atom. The number of likely N-dealkylation sites (tertiary alicyclic amines) is 1. The van der Waals surface area contributed by atoms with Gasteiger partial charge in [-0.05, 0) is 62.8 Å². The van der Waals surface area contributed by atoms with Crippen molar-refractivity contribution in [2.24, 2.45) is 11.8 Å². The molecule has 2 unspecified atom stereocenters. The first-order valence-corrected chi connectivity index (χ1v) is 13.8. The van der Waals surface area contributed by atoms with Crippen LogP contribution >= 0.6 is 0 Å². The molecule has 1 N–H and O–H groups in total. The molecule has 3 aliphatic rings. The maximum absolute atomic E-state index is 14.4. The zero-order chi connectivity index (χ0) is 28.2. The van der Waals surface area contributed by atoms with Crippen molar-refractivity contribution in [1.29, 1.82) is 0 Å². The number of fused-ring (bicyclic) bond motifs is 1. The van der Waals surface area contributed by atoms with Crippen molar-refractivity contribution in [1.82, 2.24) is 4.90 Å². The summed E-state index contributed by atoms with van der Waals surface area (Å²) in [5, 5.41) is 9.58. The first-order valence-electron chi connectivity index (χ1n) is 13.8. The minimum atomic E-state index is -1.16. The van der Waals surface area contributed by atoms with E-state index in [-0.39, 0.29) is 38.1 Å². The fourth-order valence-electron chi connectivity index (χ4n) is 6.69. The Hall–Kier alpha value is -3.17. The molecule has 3 saturated heterocycles. The molecule has 2 amide bonds. The van der Waals surface area contributed by atoms with E-state index < -0.39 is 35.0 Å². The second-order valence-corrected chi connectivity index (χ2v) is 10.5. The van der Waals surface area contributed by atoms with E-state index in [1.165, 1.54) is 4.90 Å². The fourth-order valence-corrected chi connectivity index (χ4v) is 6.69. The monoisotopic (exact) mass is 540 g/mol. The summed E-state index contributed by atoms with van der Waals surface area (Å²) in [6, 6.07) is 6.16. The van der Waals surface area contributed by atoms with Crippen molar-refractivity contribution in [3.8, 4) is 5.75 Å². The number of hydrogen-bond acceptors (Lipinski definition) is 7. The Bertz CT molecular complexity index is 1090. The Labute approximate surface area is 230 Å². The van der Waals surface area contributed by atoms with Crippen LogP contribution in [0.2, 0.25) is 0 Å². The Morgan fingerprint density at radius 1 is 1.21 bits per heavy atom. The molecule has 1 aromatic rings. The molecule has 0 radical (unpaired) electrons. The number of esters is 1. The van der Waals surface area contributed by atoms with E-state index in [2.05, 4.69) is 13.2 Å². The number of benzene rings is 1. The number of aliphatic hydroxyl groups is 1. The largest absolute Gasteiger partial charge is 0.497 e. The van der Waals surface area contributed by atoms with Crippen LogP contribution in [-0.4, -0.2) is 78.4 Å². The van der Waals surface area contributed by atoms with Gasteiger partial charge in [-0.1, -0.05) is 19.1 Å². The number of nitrogens with zero attached hydrogens (tertiary/aromatic N) is 2. The normalized spacial score (nSPS) is 28.7. The highest BCUT2D eigenvalue weighted by atomic mass is 16.6. The average Bonchev–Trinajstić information content (AvgIpc) is 3.56. The molecule has 9 heteroatoms. The summed E-state index contributed by atoms with van der Waals surface area (Å²) in [7, 11) is 1.57. The predicted octanol–water partition coefficient (Wildman–Crippen LogP) is 3.26. The molecule has 0 saturated carbocycles. The van der Waals surface area contributed by atoms with Crippen LogP contribution < -0.4 is 9.64 Å². The molecule has 0 aromatic heterocycles. The van der Waals surface area contributed by atoms with Gasteiger partial charge in [0.25, 0.3) is 5.91 Å². The van der Waals surface area contributed by atoms with Gasteiger partial charge in [-0.3, -0.25) is 14.4 Å². The summed E-state index contributed by atoms with van der Waals surface area (Å²) in [5.41, 5.74) is -1.39. The molecular weight excluding hydrogens is 500 g/mol. The van der Waals surface area contributed by atoms with Crippen molar-refractivity contribution < 1.29 is 33.7 Å². The Balaban J connectivity index is 1.73. The number of amides is 2. The molecular formula is C30H40N2O7. The average molecular weight is 541 g/mol. The first-order chi connectivity index (χ1) is 18.8. The number of allylic oxidation sites excluding steroid dienone is 1. The number of rotatable bonds is 14. The number of carbonyl (C=O) groups is 3. The smallest absolute Gasteiger partial charge is 0.312 e. The van der Waals surface area contributed by atoms with Gasteiger partial charge in [-0.2, -0.15) is 0 Å². The van der Waals surface area contributed by atoms with Crippen LogP contribution in [0.15, 0.2) is 49.6 Å². The number of unbranched alkanes of at least 4 members (excludes halogenated alkanes) is 1. The topological polar surface area (TPSA) is 106 Å². The lowest BCUT2D eigenvalue weighted by Crippen LogP contribution is -2.56. The quantitative estimate of drug-likeness (QED) is 0.219. The zero-order valence-electron chi connectivity index (χ0n) is 23.0. The fraction of sp³-hybridized carbons (Fsp3) is 0.567. The first kappa shape index (κ1) is 28.8. The number of carbonyl (C=O) groups excluding carboxylic acids is 3. The van der Waals surface area contributed by atoms with Gasteiger partial charge in [-0.15, -0.1) is 13.2 Å². The summed E-state index contributed by atoms with van der Waals surface area (Å²) in [6.07, 6.45) is 6.63. The highest BCUT2D eigenvalue weighted by Gasteiger charge is 2.79. The van der Waals surface area contributed by atoms with Crippen LogP contribution in [0.4, 0.5) is 5.69 Å². The van der Waals surface area contributed by atoms with Gasteiger partial charge in [0, 0.05) is 25.4 Å². The van der Waals surface area contributed by atoms with Crippen LogP contribution in [0.1, 0.15) is 45.4 Å². The number of aliphatic hydroxyl groups excluding tert-OH is 1. The van der Waals surface area contributed by atoms with Gasteiger partial charge in [0.15, 0.2) is 0 Å². The minimum Gasteiger partial charge on any atom is -0.497 e. The number of methoxy groups -OCH3 is 1.